The Hall–Kier alpha value is -1.75. The summed E-state index contributed by atoms with van der Waals surface area (Å²) < 4.78 is 10.5. The van der Waals surface area contributed by atoms with Gasteiger partial charge in [-0.2, -0.15) is 0 Å². The Labute approximate surface area is 107 Å². The standard InChI is InChI=1S/C13H20N2O3/c1-9(2)15-7-10-4-5-11(17-3)6-12(10)18-8-13(14)16/h4-6,9,15H,7-8H2,1-3H3,(H2,14,16). The molecule has 0 aliphatic carbocycles. The van der Waals surface area contributed by atoms with Crippen molar-refractivity contribution < 1.29 is 14.3 Å². The van der Waals surface area contributed by atoms with Gasteiger partial charge in [0.25, 0.3) is 5.91 Å². The zero-order chi connectivity index (χ0) is 13.5. The van der Waals surface area contributed by atoms with Crippen LogP contribution in [0.15, 0.2) is 18.2 Å². The predicted octanol–water partition coefficient (Wildman–Crippen LogP) is 1.06. The minimum absolute atomic E-state index is 0.137. The molecule has 1 amide bonds. The number of hydrogen-bond donors (Lipinski definition) is 2. The van der Waals surface area contributed by atoms with Crippen LogP contribution in [0.3, 0.4) is 0 Å². The van der Waals surface area contributed by atoms with Crippen LogP contribution in [0.1, 0.15) is 19.4 Å². The molecule has 0 saturated carbocycles. The summed E-state index contributed by atoms with van der Waals surface area (Å²) in [6, 6.07) is 5.88. The van der Waals surface area contributed by atoms with Gasteiger partial charge in [-0.1, -0.05) is 19.9 Å². The zero-order valence-corrected chi connectivity index (χ0v) is 11.0. The molecule has 0 saturated heterocycles. The third-order valence-corrected chi connectivity index (χ3v) is 2.35. The van der Waals surface area contributed by atoms with Crippen molar-refractivity contribution in [3.05, 3.63) is 23.8 Å². The maximum absolute atomic E-state index is 10.8. The average Bonchev–Trinajstić information content (AvgIpc) is 2.34. The highest BCUT2D eigenvalue weighted by Gasteiger charge is 2.07. The van der Waals surface area contributed by atoms with Gasteiger partial charge in [0, 0.05) is 24.2 Å². The molecule has 1 aromatic carbocycles. The Balaban J connectivity index is 2.82. The molecule has 0 spiro atoms. The molecule has 0 unspecified atom stereocenters. The second-order valence-electron chi connectivity index (χ2n) is 4.26. The van der Waals surface area contributed by atoms with Gasteiger partial charge in [-0.25, -0.2) is 0 Å². The van der Waals surface area contributed by atoms with E-state index in [-0.39, 0.29) is 6.61 Å². The van der Waals surface area contributed by atoms with Gasteiger partial charge in [-0.15, -0.1) is 0 Å². The predicted molar refractivity (Wildman–Crippen MR) is 69.7 cm³/mol. The summed E-state index contributed by atoms with van der Waals surface area (Å²) in [5.74, 6) is 0.796. The number of primary amides is 1. The smallest absolute Gasteiger partial charge is 0.255 e. The number of nitrogens with one attached hydrogen (secondary N) is 1. The van der Waals surface area contributed by atoms with E-state index in [2.05, 4.69) is 19.2 Å². The summed E-state index contributed by atoms with van der Waals surface area (Å²) in [6.07, 6.45) is 0. The molecule has 0 bridgehead atoms. The van der Waals surface area contributed by atoms with Gasteiger partial charge in [0.15, 0.2) is 6.61 Å². The Bertz CT molecular complexity index is 405. The Morgan fingerprint density at radius 3 is 2.72 bits per heavy atom. The van der Waals surface area contributed by atoms with E-state index in [0.29, 0.717) is 24.1 Å². The number of carbonyl (C=O) groups excluding carboxylic acids is 1. The highest BCUT2D eigenvalue weighted by atomic mass is 16.5. The van der Waals surface area contributed by atoms with E-state index in [1.54, 1.807) is 13.2 Å². The second-order valence-corrected chi connectivity index (χ2v) is 4.26. The molecule has 0 aliphatic heterocycles. The normalized spacial score (nSPS) is 10.4. The molecule has 18 heavy (non-hydrogen) atoms. The molecule has 100 valence electrons. The van der Waals surface area contributed by atoms with Gasteiger partial charge in [-0.3, -0.25) is 4.79 Å². The summed E-state index contributed by atoms with van der Waals surface area (Å²) in [5, 5.41) is 3.29. The fourth-order valence-corrected chi connectivity index (χ4v) is 1.41. The molecule has 0 radical (unpaired) electrons. The van der Waals surface area contributed by atoms with Crippen molar-refractivity contribution in [2.45, 2.75) is 26.4 Å². The second kappa shape index (κ2) is 6.86. The highest BCUT2D eigenvalue weighted by molar-refractivity contribution is 5.75. The van der Waals surface area contributed by atoms with Gasteiger partial charge in [0.1, 0.15) is 11.5 Å². The monoisotopic (exact) mass is 252 g/mol. The van der Waals surface area contributed by atoms with Crippen LogP contribution in [0.5, 0.6) is 11.5 Å². The quantitative estimate of drug-likeness (QED) is 0.761. The Morgan fingerprint density at radius 1 is 1.44 bits per heavy atom. The van der Waals surface area contributed by atoms with Gasteiger partial charge in [0.2, 0.25) is 0 Å². The van der Waals surface area contributed by atoms with Crippen molar-refractivity contribution in [3.8, 4) is 11.5 Å². The fraction of sp³-hybridized carbons (Fsp3) is 0.462. The highest BCUT2D eigenvalue weighted by Crippen LogP contribution is 2.24. The first kappa shape index (κ1) is 14.3. The van der Waals surface area contributed by atoms with Crippen LogP contribution >= 0.6 is 0 Å². The molecule has 5 heteroatoms. The van der Waals surface area contributed by atoms with Crippen molar-refractivity contribution in [2.24, 2.45) is 5.73 Å². The lowest BCUT2D eigenvalue weighted by Gasteiger charge is -2.14. The lowest BCUT2D eigenvalue weighted by atomic mass is 10.2. The van der Waals surface area contributed by atoms with Crippen LogP contribution in [-0.2, 0) is 11.3 Å². The molecule has 3 N–H and O–H groups in total. The number of amides is 1. The number of hydrogen-bond acceptors (Lipinski definition) is 4. The largest absolute Gasteiger partial charge is 0.497 e. The van der Waals surface area contributed by atoms with Gasteiger partial charge in [0.05, 0.1) is 7.11 Å². The SMILES string of the molecule is COc1ccc(CNC(C)C)c(OCC(N)=O)c1. The third-order valence-electron chi connectivity index (χ3n) is 2.35. The van der Waals surface area contributed by atoms with Crippen LogP contribution in [0.4, 0.5) is 0 Å². The van der Waals surface area contributed by atoms with Crippen molar-refractivity contribution in [3.63, 3.8) is 0 Å². The Morgan fingerprint density at radius 2 is 2.17 bits per heavy atom. The number of carbonyl (C=O) groups is 1. The number of nitrogens with two attached hydrogens (primary N) is 1. The summed E-state index contributed by atoms with van der Waals surface area (Å²) >= 11 is 0. The molecular weight excluding hydrogens is 232 g/mol. The third kappa shape index (κ3) is 4.63. The molecule has 0 aromatic heterocycles. The number of ether oxygens (including phenoxy) is 2. The van der Waals surface area contributed by atoms with Crippen LogP contribution < -0.4 is 20.5 Å². The first-order valence-electron chi connectivity index (χ1n) is 5.84. The van der Waals surface area contributed by atoms with Crippen molar-refractivity contribution in [1.82, 2.24) is 5.32 Å². The van der Waals surface area contributed by atoms with Crippen LogP contribution in [0.25, 0.3) is 0 Å². The lowest BCUT2D eigenvalue weighted by molar-refractivity contribution is -0.119. The molecule has 0 fully saturated rings. The molecule has 0 aliphatic rings. The molecule has 0 heterocycles. The van der Waals surface area contributed by atoms with Crippen LogP contribution in [0.2, 0.25) is 0 Å². The summed E-state index contributed by atoms with van der Waals surface area (Å²) in [6.45, 7) is 4.65. The maximum Gasteiger partial charge on any atom is 0.255 e. The van der Waals surface area contributed by atoms with Gasteiger partial charge < -0.3 is 20.5 Å². The van der Waals surface area contributed by atoms with E-state index in [9.17, 15) is 4.79 Å². The lowest BCUT2D eigenvalue weighted by Crippen LogP contribution is -2.23. The minimum atomic E-state index is -0.499. The minimum Gasteiger partial charge on any atom is -0.497 e. The van der Waals surface area contributed by atoms with Crippen molar-refractivity contribution in [1.29, 1.82) is 0 Å². The molecule has 1 aromatic rings. The summed E-state index contributed by atoms with van der Waals surface area (Å²) in [7, 11) is 1.58. The average molecular weight is 252 g/mol. The van der Waals surface area contributed by atoms with E-state index < -0.39 is 5.91 Å². The number of methoxy groups -OCH3 is 1. The number of rotatable bonds is 7. The zero-order valence-electron chi connectivity index (χ0n) is 11.0. The van der Waals surface area contributed by atoms with Crippen molar-refractivity contribution >= 4 is 5.91 Å². The van der Waals surface area contributed by atoms with Crippen LogP contribution in [0, 0.1) is 0 Å². The first-order valence-corrected chi connectivity index (χ1v) is 5.84. The topological polar surface area (TPSA) is 73.6 Å². The van der Waals surface area contributed by atoms with Crippen molar-refractivity contribution in [2.75, 3.05) is 13.7 Å². The maximum atomic E-state index is 10.8. The molecule has 1 rings (SSSR count). The van der Waals surface area contributed by atoms with Crippen LogP contribution in [-0.4, -0.2) is 25.7 Å². The number of benzene rings is 1. The first-order chi connectivity index (χ1) is 8.52. The summed E-state index contributed by atoms with van der Waals surface area (Å²) in [5.41, 5.74) is 6.04. The molecule has 0 atom stereocenters. The van der Waals surface area contributed by atoms with E-state index in [0.717, 1.165) is 5.56 Å². The van der Waals surface area contributed by atoms with E-state index in [4.69, 9.17) is 15.2 Å². The molecular formula is C13H20N2O3. The van der Waals surface area contributed by atoms with E-state index in [1.807, 2.05) is 12.1 Å². The van der Waals surface area contributed by atoms with E-state index in [1.165, 1.54) is 0 Å². The Kier molecular flexibility index (Phi) is 5.45. The van der Waals surface area contributed by atoms with Gasteiger partial charge >= 0.3 is 0 Å². The molecule has 5 nitrogen and oxygen atoms in total. The van der Waals surface area contributed by atoms with Gasteiger partial charge in [-0.05, 0) is 6.07 Å². The summed E-state index contributed by atoms with van der Waals surface area (Å²) in [4.78, 5) is 10.8. The van der Waals surface area contributed by atoms with E-state index >= 15 is 0 Å². The fourth-order valence-electron chi connectivity index (χ4n) is 1.41.